The predicted molar refractivity (Wildman–Crippen MR) is 95.0 cm³/mol. The average Bonchev–Trinajstić information content (AvgIpc) is 2.59. The lowest BCUT2D eigenvalue weighted by Gasteiger charge is -2.29. The van der Waals surface area contributed by atoms with Crippen molar-refractivity contribution >= 4 is 23.4 Å². The third kappa shape index (κ3) is 2.96. The third-order valence-electron chi connectivity index (χ3n) is 3.68. The number of nitrogens with two attached hydrogens (primary N) is 1. The lowest BCUT2D eigenvalue weighted by Crippen LogP contribution is -2.37. The molecule has 0 atom stereocenters. The summed E-state index contributed by atoms with van der Waals surface area (Å²) in [7, 11) is 1.61. The van der Waals surface area contributed by atoms with E-state index in [9.17, 15) is 4.79 Å². The van der Waals surface area contributed by atoms with Crippen molar-refractivity contribution < 1.29 is 14.3 Å². The molecule has 0 unspecified atom stereocenters. The van der Waals surface area contributed by atoms with Gasteiger partial charge < -0.3 is 15.2 Å². The standard InChI is InChI=1S/C19H18N2O3/c1-3-10-21-16-9-6-14(20)12-17(16)24-18(19(21)22)11-13-4-7-15(23-2)8-5-13/h3-9,11-12H,1,10,20H2,2H3/b18-11+. The average molecular weight is 322 g/mol. The number of rotatable bonds is 4. The van der Waals surface area contributed by atoms with Crippen LogP contribution in [0.3, 0.4) is 0 Å². The number of nitrogens with zero attached hydrogens (tertiary/aromatic N) is 1. The minimum atomic E-state index is -0.219. The second kappa shape index (κ2) is 6.50. The Labute approximate surface area is 140 Å². The summed E-state index contributed by atoms with van der Waals surface area (Å²) in [6, 6.07) is 12.6. The quantitative estimate of drug-likeness (QED) is 0.533. The summed E-state index contributed by atoms with van der Waals surface area (Å²) >= 11 is 0. The number of carbonyl (C=O) groups excluding carboxylic acids is 1. The zero-order valence-corrected chi connectivity index (χ0v) is 13.4. The Balaban J connectivity index is 2.00. The van der Waals surface area contributed by atoms with Crippen molar-refractivity contribution in [3.63, 3.8) is 0 Å². The van der Waals surface area contributed by atoms with Crippen LogP contribution in [0.1, 0.15) is 5.56 Å². The molecular formula is C19H18N2O3. The van der Waals surface area contributed by atoms with E-state index in [1.54, 1.807) is 42.4 Å². The van der Waals surface area contributed by atoms with Gasteiger partial charge in [-0.15, -0.1) is 6.58 Å². The molecule has 0 saturated carbocycles. The summed E-state index contributed by atoms with van der Waals surface area (Å²) < 4.78 is 10.9. The van der Waals surface area contributed by atoms with Crippen LogP contribution >= 0.6 is 0 Å². The minimum Gasteiger partial charge on any atom is -0.497 e. The molecule has 122 valence electrons. The maximum Gasteiger partial charge on any atom is 0.294 e. The zero-order valence-electron chi connectivity index (χ0n) is 13.4. The number of nitrogen functional groups attached to an aromatic ring is 1. The van der Waals surface area contributed by atoms with E-state index in [0.717, 1.165) is 11.3 Å². The van der Waals surface area contributed by atoms with Gasteiger partial charge in [-0.3, -0.25) is 9.69 Å². The van der Waals surface area contributed by atoms with Crippen molar-refractivity contribution in [2.24, 2.45) is 0 Å². The molecule has 0 saturated heterocycles. The van der Waals surface area contributed by atoms with E-state index >= 15 is 0 Å². The molecule has 0 spiro atoms. The van der Waals surface area contributed by atoms with Crippen LogP contribution in [0.2, 0.25) is 0 Å². The summed E-state index contributed by atoms with van der Waals surface area (Å²) in [4.78, 5) is 14.3. The van der Waals surface area contributed by atoms with Gasteiger partial charge in [-0.1, -0.05) is 18.2 Å². The van der Waals surface area contributed by atoms with E-state index in [1.807, 2.05) is 24.3 Å². The van der Waals surface area contributed by atoms with Gasteiger partial charge in [0.25, 0.3) is 5.91 Å². The van der Waals surface area contributed by atoms with Crippen molar-refractivity contribution in [1.82, 2.24) is 0 Å². The molecule has 1 amide bonds. The van der Waals surface area contributed by atoms with Crippen LogP contribution in [-0.4, -0.2) is 19.6 Å². The maximum atomic E-state index is 12.7. The van der Waals surface area contributed by atoms with Crippen molar-refractivity contribution in [2.45, 2.75) is 0 Å². The van der Waals surface area contributed by atoms with E-state index in [2.05, 4.69) is 6.58 Å². The van der Waals surface area contributed by atoms with E-state index in [-0.39, 0.29) is 11.7 Å². The molecule has 24 heavy (non-hydrogen) atoms. The summed E-state index contributed by atoms with van der Waals surface area (Å²) in [6.45, 7) is 4.10. The first-order chi connectivity index (χ1) is 11.6. The number of ether oxygens (including phenoxy) is 2. The predicted octanol–water partition coefficient (Wildman–Crippen LogP) is 3.23. The van der Waals surface area contributed by atoms with Crippen LogP contribution in [0.4, 0.5) is 11.4 Å². The van der Waals surface area contributed by atoms with Gasteiger partial charge in [0.05, 0.1) is 12.8 Å². The number of anilines is 2. The largest absolute Gasteiger partial charge is 0.497 e. The molecule has 5 nitrogen and oxygen atoms in total. The fourth-order valence-corrected chi connectivity index (χ4v) is 2.49. The van der Waals surface area contributed by atoms with E-state index in [1.165, 1.54) is 0 Å². The van der Waals surface area contributed by atoms with Crippen molar-refractivity contribution in [1.29, 1.82) is 0 Å². The number of hydrogen-bond acceptors (Lipinski definition) is 4. The van der Waals surface area contributed by atoms with Gasteiger partial charge in [-0.25, -0.2) is 0 Å². The Hall–Kier alpha value is -3.21. The molecule has 0 radical (unpaired) electrons. The van der Waals surface area contributed by atoms with Crippen molar-refractivity contribution in [2.75, 3.05) is 24.3 Å². The van der Waals surface area contributed by atoms with Crippen LogP contribution in [0.15, 0.2) is 60.9 Å². The Morgan fingerprint density at radius 1 is 1.25 bits per heavy atom. The fraction of sp³-hybridized carbons (Fsp3) is 0.105. The monoisotopic (exact) mass is 322 g/mol. The fourth-order valence-electron chi connectivity index (χ4n) is 2.49. The molecule has 0 aliphatic carbocycles. The van der Waals surface area contributed by atoms with Crippen LogP contribution in [0.5, 0.6) is 11.5 Å². The lowest BCUT2D eigenvalue weighted by molar-refractivity contribution is -0.117. The molecule has 2 aromatic carbocycles. The summed E-state index contributed by atoms with van der Waals surface area (Å²) in [5, 5.41) is 0. The lowest BCUT2D eigenvalue weighted by atomic mass is 10.1. The summed E-state index contributed by atoms with van der Waals surface area (Å²) in [5.74, 6) is 1.32. The number of benzene rings is 2. The van der Waals surface area contributed by atoms with Crippen LogP contribution in [0.25, 0.3) is 6.08 Å². The molecule has 3 rings (SSSR count). The van der Waals surface area contributed by atoms with Crippen LogP contribution in [0, 0.1) is 0 Å². The highest BCUT2D eigenvalue weighted by Crippen LogP contribution is 2.37. The van der Waals surface area contributed by atoms with Gasteiger partial charge >= 0.3 is 0 Å². The normalized spacial score (nSPS) is 15.0. The number of hydrogen-bond donors (Lipinski definition) is 1. The highest BCUT2D eigenvalue weighted by molar-refractivity contribution is 6.10. The number of methoxy groups -OCH3 is 1. The zero-order chi connectivity index (χ0) is 17.1. The molecule has 1 heterocycles. The first-order valence-corrected chi connectivity index (χ1v) is 7.48. The smallest absolute Gasteiger partial charge is 0.294 e. The van der Waals surface area contributed by atoms with E-state index in [4.69, 9.17) is 15.2 Å². The minimum absolute atomic E-state index is 0.219. The SMILES string of the molecule is C=CCN1C(=O)/C(=C\c2ccc(OC)cc2)Oc2cc(N)ccc21. The number of fused-ring (bicyclic) bond motifs is 1. The number of carbonyl (C=O) groups is 1. The molecule has 2 aromatic rings. The first-order valence-electron chi connectivity index (χ1n) is 7.48. The second-order valence-corrected chi connectivity index (χ2v) is 5.32. The Bertz CT molecular complexity index is 810. The molecule has 0 bridgehead atoms. The highest BCUT2D eigenvalue weighted by Gasteiger charge is 2.29. The molecule has 0 aromatic heterocycles. The molecular weight excluding hydrogens is 304 g/mol. The van der Waals surface area contributed by atoms with Gasteiger partial charge in [0, 0.05) is 18.3 Å². The Morgan fingerprint density at radius 2 is 2.00 bits per heavy atom. The molecule has 0 fully saturated rings. The van der Waals surface area contributed by atoms with E-state index in [0.29, 0.717) is 23.7 Å². The Kier molecular flexibility index (Phi) is 4.24. The molecule has 5 heteroatoms. The first kappa shape index (κ1) is 15.7. The maximum absolute atomic E-state index is 12.7. The van der Waals surface area contributed by atoms with Gasteiger partial charge in [0.2, 0.25) is 0 Å². The molecule has 1 aliphatic heterocycles. The third-order valence-corrected chi connectivity index (χ3v) is 3.68. The van der Waals surface area contributed by atoms with Crippen molar-refractivity contribution in [3.8, 4) is 11.5 Å². The topological polar surface area (TPSA) is 64.8 Å². The van der Waals surface area contributed by atoms with Gasteiger partial charge in [0.1, 0.15) is 5.75 Å². The summed E-state index contributed by atoms with van der Waals surface area (Å²) in [6.07, 6.45) is 3.37. The van der Waals surface area contributed by atoms with Crippen LogP contribution in [-0.2, 0) is 4.79 Å². The van der Waals surface area contributed by atoms with Crippen LogP contribution < -0.4 is 20.1 Å². The Morgan fingerprint density at radius 3 is 2.67 bits per heavy atom. The van der Waals surface area contributed by atoms with Gasteiger partial charge in [0.15, 0.2) is 11.5 Å². The second-order valence-electron chi connectivity index (χ2n) is 5.32. The molecule has 2 N–H and O–H groups in total. The number of amides is 1. The van der Waals surface area contributed by atoms with E-state index < -0.39 is 0 Å². The van der Waals surface area contributed by atoms with Crippen molar-refractivity contribution in [3.05, 3.63) is 66.4 Å². The molecule has 1 aliphatic rings. The summed E-state index contributed by atoms with van der Waals surface area (Å²) in [5.41, 5.74) is 7.92. The highest BCUT2D eigenvalue weighted by atomic mass is 16.5. The van der Waals surface area contributed by atoms with Gasteiger partial charge in [-0.05, 0) is 35.9 Å². The van der Waals surface area contributed by atoms with Gasteiger partial charge in [-0.2, -0.15) is 0 Å².